The van der Waals surface area contributed by atoms with E-state index in [-0.39, 0.29) is 5.92 Å². The fourth-order valence-electron chi connectivity index (χ4n) is 1.59. The number of urea groups is 1. The minimum absolute atomic E-state index is 0.212. The average Bonchev–Trinajstić information content (AvgIpc) is 2.30. The minimum Gasteiger partial charge on any atom is -0.480 e. The van der Waals surface area contributed by atoms with E-state index < -0.39 is 18.0 Å². The van der Waals surface area contributed by atoms with E-state index in [4.69, 9.17) is 16.7 Å². The predicted molar refractivity (Wildman–Crippen MR) is 74.6 cm³/mol. The fourth-order valence-corrected chi connectivity index (χ4v) is 1.86. The summed E-state index contributed by atoms with van der Waals surface area (Å²) in [5.41, 5.74) is 1.29. The largest absolute Gasteiger partial charge is 0.480 e. The first kappa shape index (κ1) is 15.3. The molecule has 1 atom stereocenters. The van der Waals surface area contributed by atoms with Crippen molar-refractivity contribution in [2.75, 3.05) is 5.32 Å². The number of halogens is 1. The van der Waals surface area contributed by atoms with Gasteiger partial charge in [0, 0.05) is 0 Å². The highest BCUT2D eigenvalue weighted by molar-refractivity contribution is 6.33. The zero-order valence-corrected chi connectivity index (χ0v) is 11.8. The molecule has 0 saturated carbocycles. The summed E-state index contributed by atoms with van der Waals surface area (Å²) in [6.45, 7) is 5.25. The van der Waals surface area contributed by atoms with Gasteiger partial charge in [0.05, 0.1) is 10.7 Å². The Bertz CT molecular complexity index is 469. The molecule has 0 unspecified atom stereocenters. The molecule has 0 saturated heterocycles. The van der Waals surface area contributed by atoms with Crippen molar-refractivity contribution in [2.24, 2.45) is 5.92 Å². The van der Waals surface area contributed by atoms with E-state index in [1.54, 1.807) is 39.0 Å². The third kappa shape index (κ3) is 4.13. The number of rotatable bonds is 4. The van der Waals surface area contributed by atoms with E-state index in [2.05, 4.69) is 10.6 Å². The van der Waals surface area contributed by atoms with Gasteiger partial charge in [-0.25, -0.2) is 9.59 Å². The molecule has 19 heavy (non-hydrogen) atoms. The molecule has 0 radical (unpaired) electrons. The molecule has 1 aromatic carbocycles. The predicted octanol–water partition coefficient (Wildman–Crippen LogP) is 2.88. The van der Waals surface area contributed by atoms with Gasteiger partial charge in [-0.2, -0.15) is 0 Å². The van der Waals surface area contributed by atoms with Gasteiger partial charge in [0.15, 0.2) is 0 Å². The number of benzene rings is 1. The highest BCUT2D eigenvalue weighted by Gasteiger charge is 2.23. The summed E-state index contributed by atoms with van der Waals surface area (Å²) in [6, 6.07) is 3.70. The van der Waals surface area contributed by atoms with E-state index in [1.165, 1.54) is 0 Å². The number of carboxylic acid groups (broad SMARTS) is 1. The average molecular weight is 285 g/mol. The summed E-state index contributed by atoms with van der Waals surface area (Å²) in [7, 11) is 0. The van der Waals surface area contributed by atoms with E-state index in [0.717, 1.165) is 5.56 Å². The maximum Gasteiger partial charge on any atom is 0.326 e. The van der Waals surface area contributed by atoms with Crippen molar-refractivity contribution in [3.8, 4) is 0 Å². The molecule has 0 spiro atoms. The Balaban J connectivity index is 2.78. The standard InChI is InChI=1S/C13H17ClN2O3/c1-7(2)10(12(17)18)15-13(19)16-11-8(3)5-4-6-9(11)14/h4-7,10H,1-3H3,(H,17,18)(H2,15,16,19)/t10-/m0/s1. The number of carbonyl (C=O) groups is 2. The summed E-state index contributed by atoms with van der Waals surface area (Å²) >= 11 is 5.98. The van der Waals surface area contributed by atoms with Gasteiger partial charge in [0.25, 0.3) is 0 Å². The van der Waals surface area contributed by atoms with E-state index in [0.29, 0.717) is 10.7 Å². The summed E-state index contributed by atoms with van der Waals surface area (Å²) in [5.74, 6) is -1.28. The number of amides is 2. The topological polar surface area (TPSA) is 78.4 Å². The zero-order valence-electron chi connectivity index (χ0n) is 11.0. The molecule has 6 heteroatoms. The Kier molecular flexibility index (Phi) is 5.18. The van der Waals surface area contributed by atoms with E-state index in [9.17, 15) is 9.59 Å². The smallest absolute Gasteiger partial charge is 0.326 e. The van der Waals surface area contributed by atoms with Gasteiger partial charge in [-0.05, 0) is 24.5 Å². The van der Waals surface area contributed by atoms with Crippen LogP contribution in [0, 0.1) is 12.8 Å². The molecule has 1 aromatic rings. The number of hydrogen-bond donors (Lipinski definition) is 3. The van der Waals surface area contributed by atoms with Crippen molar-refractivity contribution in [1.29, 1.82) is 0 Å². The molecular weight excluding hydrogens is 268 g/mol. The monoisotopic (exact) mass is 284 g/mol. The zero-order chi connectivity index (χ0) is 14.6. The van der Waals surface area contributed by atoms with Crippen LogP contribution in [0.1, 0.15) is 19.4 Å². The number of aryl methyl sites for hydroxylation is 1. The van der Waals surface area contributed by atoms with Gasteiger partial charge in [0.2, 0.25) is 0 Å². The number of anilines is 1. The summed E-state index contributed by atoms with van der Waals surface area (Å²) < 4.78 is 0. The second kappa shape index (κ2) is 6.43. The van der Waals surface area contributed by atoms with Crippen LogP contribution in [0.5, 0.6) is 0 Å². The van der Waals surface area contributed by atoms with Crippen molar-refractivity contribution < 1.29 is 14.7 Å². The molecule has 3 N–H and O–H groups in total. The second-order valence-electron chi connectivity index (χ2n) is 4.59. The van der Waals surface area contributed by atoms with Crippen LogP contribution in [-0.4, -0.2) is 23.1 Å². The third-order valence-electron chi connectivity index (χ3n) is 2.68. The lowest BCUT2D eigenvalue weighted by molar-refractivity contribution is -0.140. The highest BCUT2D eigenvalue weighted by atomic mass is 35.5. The van der Waals surface area contributed by atoms with Crippen LogP contribution in [0.15, 0.2) is 18.2 Å². The fraction of sp³-hybridized carbons (Fsp3) is 0.385. The minimum atomic E-state index is -1.07. The second-order valence-corrected chi connectivity index (χ2v) is 5.00. The molecule has 0 aliphatic carbocycles. The van der Waals surface area contributed by atoms with Gasteiger partial charge < -0.3 is 15.7 Å². The van der Waals surface area contributed by atoms with Gasteiger partial charge in [-0.3, -0.25) is 0 Å². The lowest BCUT2D eigenvalue weighted by atomic mass is 10.1. The Hall–Kier alpha value is -1.75. The van der Waals surface area contributed by atoms with Crippen LogP contribution in [0.4, 0.5) is 10.5 Å². The number of nitrogens with one attached hydrogen (secondary N) is 2. The van der Waals surface area contributed by atoms with Crippen LogP contribution in [0.3, 0.4) is 0 Å². The van der Waals surface area contributed by atoms with Gasteiger partial charge in [0.1, 0.15) is 6.04 Å². The Morgan fingerprint density at radius 2 is 1.95 bits per heavy atom. The first-order valence-electron chi connectivity index (χ1n) is 5.88. The normalized spacial score (nSPS) is 12.1. The molecule has 2 amide bonds. The van der Waals surface area contributed by atoms with Crippen molar-refractivity contribution in [3.63, 3.8) is 0 Å². The molecule has 0 aliphatic rings. The molecule has 0 fully saturated rings. The SMILES string of the molecule is Cc1cccc(Cl)c1NC(=O)N[C@H](C(=O)O)C(C)C. The number of carbonyl (C=O) groups excluding carboxylic acids is 1. The maximum absolute atomic E-state index is 11.8. The third-order valence-corrected chi connectivity index (χ3v) is 2.99. The van der Waals surface area contributed by atoms with Gasteiger partial charge >= 0.3 is 12.0 Å². The van der Waals surface area contributed by atoms with Gasteiger partial charge in [-0.15, -0.1) is 0 Å². The van der Waals surface area contributed by atoms with E-state index >= 15 is 0 Å². The molecular formula is C13H17ClN2O3. The molecule has 0 heterocycles. The number of hydrogen-bond acceptors (Lipinski definition) is 2. The quantitative estimate of drug-likeness (QED) is 0.795. The van der Waals surface area contributed by atoms with Crippen LogP contribution < -0.4 is 10.6 Å². The van der Waals surface area contributed by atoms with Crippen molar-refractivity contribution in [1.82, 2.24) is 5.32 Å². The maximum atomic E-state index is 11.8. The Morgan fingerprint density at radius 3 is 2.42 bits per heavy atom. The first-order valence-corrected chi connectivity index (χ1v) is 6.26. The van der Waals surface area contributed by atoms with Gasteiger partial charge in [-0.1, -0.05) is 37.6 Å². The molecule has 5 nitrogen and oxygen atoms in total. The van der Waals surface area contributed by atoms with E-state index in [1.807, 2.05) is 0 Å². The van der Waals surface area contributed by atoms with Crippen molar-refractivity contribution in [3.05, 3.63) is 28.8 Å². The summed E-state index contributed by atoms with van der Waals surface area (Å²) in [4.78, 5) is 22.8. The van der Waals surface area contributed by atoms with Crippen LogP contribution >= 0.6 is 11.6 Å². The lowest BCUT2D eigenvalue weighted by Crippen LogP contribution is -2.46. The van der Waals surface area contributed by atoms with Crippen LogP contribution in [0.2, 0.25) is 5.02 Å². The number of para-hydroxylation sites is 1. The molecule has 0 bridgehead atoms. The molecule has 1 rings (SSSR count). The van der Waals surface area contributed by atoms with Crippen molar-refractivity contribution >= 4 is 29.3 Å². The number of carboxylic acids is 1. The molecule has 0 aromatic heterocycles. The number of aliphatic carboxylic acids is 1. The lowest BCUT2D eigenvalue weighted by Gasteiger charge is -2.19. The molecule has 0 aliphatic heterocycles. The van der Waals surface area contributed by atoms with Crippen molar-refractivity contribution in [2.45, 2.75) is 26.8 Å². The molecule has 104 valence electrons. The van der Waals surface area contributed by atoms with Crippen LogP contribution in [0.25, 0.3) is 0 Å². The highest BCUT2D eigenvalue weighted by Crippen LogP contribution is 2.25. The summed E-state index contributed by atoms with van der Waals surface area (Å²) in [5, 5.41) is 14.4. The first-order chi connectivity index (χ1) is 8.82. The Morgan fingerprint density at radius 1 is 1.32 bits per heavy atom. The van der Waals surface area contributed by atoms with Crippen LogP contribution in [-0.2, 0) is 4.79 Å². The Labute approximate surface area is 117 Å². The summed E-state index contributed by atoms with van der Waals surface area (Å²) in [6.07, 6.45) is 0.